The van der Waals surface area contributed by atoms with Crippen molar-refractivity contribution in [3.63, 3.8) is 0 Å². The molecular formula is C13H27N3O2S. The maximum absolute atomic E-state index is 11.6. The van der Waals surface area contributed by atoms with Crippen molar-refractivity contribution in [3.8, 4) is 0 Å². The van der Waals surface area contributed by atoms with Crippen LogP contribution in [0.5, 0.6) is 0 Å². The highest BCUT2D eigenvalue weighted by Crippen LogP contribution is 2.33. The minimum Gasteiger partial charge on any atom is -0.314 e. The van der Waals surface area contributed by atoms with Crippen LogP contribution >= 0.6 is 0 Å². The molecule has 0 spiro atoms. The molecule has 0 aliphatic carbocycles. The van der Waals surface area contributed by atoms with Gasteiger partial charge in [0.25, 0.3) is 0 Å². The number of rotatable bonds is 6. The van der Waals surface area contributed by atoms with Crippen molar-refractivity contribution in [1.29, 1.82) is 0 Å². The Morgan fingerprint density at radius 2 is 1.84 bits per heavy atom. The summed E-state index contributed by atoms with van der Waals surface area (Å²) in [5, 5.41) is 3.56. The van der Waals surface area contributed by atoms with Crippen LogP contribution in [0, 0.1) is 0 Å². The van der Waals surface area contributed by atoms with Crippen LogP contribution < -0.4 is 10.0 Å². The molecule has 19 heavy (non-hydrogen) atoms. The lowest BCUT2D eigenvalue weighted by atomic mass is 9.82. The second-order valence-electron chi connectivity index (χ2n) is 5.73. The predicted octanol–water partition coefficient (Wildman–Crippen LogP) is 0.531. The van der Waals surface area contributed by atoms with E-state index in [-0.39, 0.29) is 5.75 Å². The van der Waals surface area contributed by atoms with Crippen molar-refractivity contribution in [1.82, 2.24) is 14.9 Å². The first kappa shape index (κ1) is 15.2. The first-order valence-electron chi connectivity index (χ1n) is 7.46. The van der Waals surface area contributed by atoms with Gasteiger partial charge in [-0.3, -0.25) is 4.90 Å². The largest absolute Gasteiger partial charge is 0.314 e. The van der Waals surface area contributed by atoms with Crippen molar-refractivity contribution >= 4 is 10.0 Å². The molecule has 2 unspecified atom stereocenters. The number of sulfonamides is 1. The fraction of sp³-hybridized carbons (Fsp3) is 1.00. The molecule has 6 heteroatoms. The number of hydrogen-bond donors (Lipinski definition) is 2. The molecule has 0 aromatic rings. The molecule has 2 heterocycles. The van der Waals surface area contributed by atoms with Gasteiger partial charge in [0.15, 0.2) is 0 Å². The quantitative estimate of drug-likeness (QED) is 0.749. The Morgan fingerprint density at radius 1 is 1.21 bits per heavy atom. The smallest absolute Gasteiger partial charge is 0.212 e. The number of nitrogens with zero attached hydrogens (tertiary/aromatic N) is 1. The fourth-order valence-electron chi connectivity index (χ4n) is 3.63. The summed E-state index contributed by atoms with van der Waals surface area (Å²) in [6, 6.07) is 1.77. The van der Waals surface area contributed by atoms with Crippen LogP contribution in [-0.2, 0) is 10.0 Å². The van der Waals surface area contributed by atoms with Gasteiger partial charge in [-0.15, -0.1) is 0 Å². The third kappa shape index (κ3) is 3.90. The van der Waals surface area contributed by atoms with E-state index in [4.69, 9.17) is 0 Å². The van der Waals surface area contributed by atoms with Gasteiger partial charge in [-0.25, -0.2) is 13.1 Å². The Balaban J connectivity index is 1.94. The van der Waals surface area contributed by atoms with Crippen LogP contribution in [0.1, 0.15) is 39.0 Å². The standard InChI is InChI=1S/C13H27N3O2S/c1-3-15-11-9-12-5-4-6-13(10-11)16(12)7-8-19(17,18)14-2/h11-15H,3-10H2,1-2H3. The number of piperidine rings is 2. The van der Waals surface area contributed by atoms with Gasteiger partial charge in [-0.1, -0.05) is 13.3 Å². The molecule has 2 fully saturated rings. The molecule has 2 bridgehead atoms. The van der Waals surface area contributed by atoms with Gasteiger partial charge in [0.1, 0.15) is 0 Å². The Morgan fingerprint density at radius 3 is 2.37 bits per heavy atom. The van der Waals surface area contributed by atoms with Crippen LogP contribution in [0.25, 0.3) is 0 Å². The molecule has 2 rings (SSSR count). The van der Waals surface area contributed by atoms with E-state index >= 15 is 0 Å². The van der Waals surface area contributed by atoms with E-state index in [1.165, 1.54) is 39.2 Å². The molecule has 2 saturated heterocycles. The number of hydrogen-bond acceptors (Lipinski definition) is 4. The summed E-state index contributed by atoms with van der Waals surface area (Å²) in [6.07, 6.45) is 6.08. The van der Waals surface area contributed by atoms with Crippen LogP contribution in [-0.4, -0.2) is 57.3 Å². The summed E-state index contributed by atoms with van der Waals surface area (Å²) in [7, 11) is -1.59. The summed E-state index contributed by atoms with van der Waals surface area (Å²) < 4.78 is 25.6. The van der Waals surface area contributed by atoms with Crippen LogP contribution in [0.4, 0.5) is 0 Å². The Labute approximate surface area is 117 Å². The molecule has 0 radical (unpaired) electrons. The molecule has 2 atom stereocenters. The molecule has 5 nitrogen and oxygen atoms in total. The SMILES string of the molecule is CCNC1CC2CCCC(C1)N2CCS(=O)(=O)NC. The van der Waals surface area contributed by atoms with E-state index in [1.54, 1.807) is 0 Å². The van der Waals surface area contributed by atoms with Crippen molar-refractivity contribution in [2.75, 3.05) is 25.9 Å². The van der Waals surface area contributed by atoms with Crippen molar-refractivity contribution in [3.05, 3.63) is 0 Å². The number of nitrogens with one attached hydrogen (secondary N) is 2. The molecule has 2 aliphatic heterocycles. The maximum Gasteiger partial charge on any atom is 0.212 e. The van der Waals surface area contributed by atoms with Gasteiger partial charge in [-0.05, 0) is 39.3 Å². The zero-order valence-electron chi connectivity index (χ0n) is 12.1. The van der Waals surface area contributed by atoms with E-state index < -0.39 is 10.0 Å². The highest BCUT2D eigenvalue weighted by Gasteiger charge is 2.37. The summed E-state index contributed by atoms with van der Waals surface area (Å²) in [4.78, 5) is 2.45. The first-order valence-corrected chi connectivity index (χ1v) is 9.11. The Kier molecular flexibility index (Phi) is 5.22. The summed E-state index contributed by atoms with van der Waals surface area (Å²) in [6.45, 7) is 3.86. The first-order chi connectivity index (χ1) is 9.05. The van der Waals surface area contributed by atoms with Gasteiger partial charge in [-0.2, -0.15) is 0 Å². The molecule has 0 aromatic carbocycles. The van der Waals surface area contributed by atoms with Crippen LogP contribution in [0.3, 0.4) is 0 Å². The molecule has 2 aliphatic rings. The monoisotopic (exact) mass is 289 g/mol. The zero-order valence-corrected chi connectivity index (χ0v) is 12.9. The zero-order chi connectivity index (χ0) is 13.9. The lowest BCUT2D eigenvalue weighted by Gasteiger charge is -2.49. The molecule has 2 N–H and O–H groups in total. The number of fused-ring (bicyclic) bond motifs is 2. The molecular weight excluding hydrogens is 262 g/mol. The van der Waals surface area contributed by atoms with Crippen molar-refractivity contribution in [2.45, 2.75) is 57.2 Å². The minimum absolute atomic E-state index is 0.225. The van der Waals surface area contributed by atoms with Gasteiger partial charge in [0, 0.05) is 24.7 Å². The highest BCUT2D eigenvalue weighted by molar-refractivity contribution is 7.89. The minimum atomic E-state index is -3.08. The second-order valence-corrected chi connectivity index (χ2v) is 7.77. The summed E-state index contributed by atoms with van der Waals surface area (Å²) >= 11 is 0. The average molecular weight is 289 g/mol. The topological polar surface area (TPSA) is 61.4 Å². The van der Waals surface area contributed by atoms with Crippen molar-refractivity contribution in [2.24, 2.45) is 0 Å². The van der Waals surface area contributed by atoms with Gasteiger partial charge < -0.3 is 5.32 Å². The van der Waals surface area contributed by atoms with E-state index in [2.05, 4.69) is 21.9 Å². The molecule has 0 aromatic heterocycles. The normalized spacial score (nSPS) is 32.4. The van der Waals surface area contributed by atoms with Crippen LogP contribution in [0.2, 0.25) is 0 Å². The third-order valence-corrected chi connectivity index (χ3v) is 5.89. The second kappa shape index (κ2) is 6.52. The molecule has 112 valence electrons. The van der Waals surface area contributed by atoms with E-state index in [0.29, 0.717) is 24.7 Å². The van der Waals surface area contributed by atoms with Crippen molar-refractivity contribution < 1.29 is 8.42 Å². The third-order valence-electron chi connectivity index (χ3n) is 4.55. The highest BCUT2D eigenvalue weighted by atomic mass is 32.2. The average Bonchev–Trinajstić information content (AvgIpc) is 2.36. The summed E-state index contributed by atoms with van der Waals surface area (Å²) in [5.74, 6) is 0.225. The van der Waals surface area contributed by atoms with Gasteiger partial charge in [0.2, 0.25) is 10.0 Å². The van der Waals surface area contributed by atoms with Gasteiger partial charge >= 0.3 is 0 Å². The van der Waals surface area contributed by atoms with E-state index in [9.17, 15) is 8.42 Å². The molecule has 0 saturated carbocycles. The predicted molar refractivity (Wildman–Crippen MR) is 77.7 cm³/mol. The Bertz CT molecular complexity index is 371. The maximum atomic E-state index is 11.6. The molecule has 0 amide bonds. The van der Waals surface area contributed by atoms with E-state index in [1.807, 2.05) is 0 Å². The fourth-order valence-corrected chi connectivity index (χ4v) is 4.28. The summed E-state index contributed by atoms with van der Waals surface area (Å²) in [5.41, 5.74) is 0. The lowest BCUT2D eigenvalue weighted by molar-refractivity contribution is 0.0303. The van der Waals surface area contributed by atoms with E-state index in [0.717, 1.165) is 6.54 Å². The Hall–Kier alpha value is -0.170. The van der Waals surface area contributed by atoms with Gasteiger partial charge in [0.05, 0.1) is 5.75 Å². The van der Waals surface area contributed by atoms with Crippen LogP contribution in [0.15, 0.2) is 0 Å². The lowest BCUT2D eigenvalue weighted by Crippen LogP contribution is -2.57.